The maximum atomic E-state index is 5.62. The van der Waals surface area contributed by atoms with E-state index in [1.54, 1.807) is 11.8 Å². The van der Waals surface area contributed by atoms with Gasteiger partial charge in [0.1, 0.15) is 0 Å². The van der Waals surface area contributed by atoms with Gasteiger partial charge in [0, 0.05) is 32.0 Å². The summed E-state index contributed by atoms with van der Waals surface area (Å²) in [4.78, 5) is 16.0. The van der Waals surface area contributed by atoms with Gasteiger partial charge in [0.25, 0.3) is 0 Å². The van der Waals surface area contributed by atoms with Crippen LogP contribution in [0.2, 0.25) is 0 Å². The molecule has 0 spiro atoms. The lowest BCUT2D eigenvalue weighted by atomic mass is 10.1. The normalized spacial score (nSPS) is 26.1. The van der Waals surface area contributed by atoms with Crippen LogP contribution in [0.3, 0.4) is 0 Å². The third-order valence-corrected chi connectivity index (χ3v) is 5.34. The fraction of sp³-hybridized carbons (Fsp3) is 0.786. The van der Waals surface area contributed by atoms with Crippen molar-refractivity contribution in [1.29, 1.82) is 0 Å². The largest absolute Gasteiger partial charge is 0.377 e. The highest BCUT2D eigenvalue weighted by atomic mass is 32.2. The molecular weight excluding hydrogens is 286 g/mol. The summed E-state index contributed by atoms with van der Waals surface area (Å²) in [6.07, 6.45) is 5.07. The van der Waals surface area contributed by atoms with E-state index in [1.165, 1.54) is 19.3 Å². The van der Waals surface area contributed by atoms with E-state index >= 15 is 0 Å². The van der Waals surface area contributed by atoms with Crippen molar-refractivity contribution >= 4 is 23.7 Å². The molecule has 2 unspecified atom stereocenters. The fourth-order valence-electron chi connectivity index (χ4n) is 2.75. The Kier molecular flexibility index (Phi) is 4.80. The third kappa shape index (κ3) is 3.58. The smallest absolute Gasteiger partial charge is 0.231 e. The van der Waals surface area contributed by atoms with E-state index in [-0.39, 0.29) is 6.10 Å². The number of hydrogen-bond acceptors (Lipinski definition) is 7. The van der Waals surface area contributed by atoms with Crippen molar-refractivity contribution in [3.63, 3.8) is 0 Å². The number of hydrogen-bond donors (Lipinski definition) is 1. The molecule has 2 aliphatic heterocycles. The summed E-state index contributed by atoms with van der Waals surface area (Å²) in [5.74, 6) is 1.46. The number of rotatable bonds is 4. The van der Waals surface area contributed by atoms with Crippen molar-refractivity contribution in [2.45, 2.75) is 49.1 Å². The van der Waals surface area contributed by atoms with Crippen LogP contribution in [-0.2, 0) is 4.74 Å². The van der Waals surface area contributed by atoms with Crippen LogP contribution >= 0.6 is 11.8 Å². The molecule has 0 aliphatic carbocycles. The molecule has 6 nitrogen and oxygen atoms in total. The zero-order chi connectivity index (χ0) is 14.7. The van der Waals surface area contributed by atoms with Gasteiger partial charge < -0.3 is 15.0 Å². The minimum atomic E-state index is 0.267. The molecule has 21 heavy (non-hydrogen) atoms. The van der Waals surface area contributed by atoms with Crippen molar-refractivity contribution < 1.29 is 4.74 Å². The lowest BCUT2D eigenvalue weighted by Gasteiger charge is -2.27. The molecule has 0 saturated carbocycles. The molecule has 1 aromatic rings. The number of ether oxygens (including phenoxy) is 1. The first-order valence-electron chi connectivity index (χ1n) is 7.73. The van der Waals surface area contributed by atoms with E-state index in [4.69, 9.17) is 4.74 Å². The summed E-state index contributed by atoms with van der Waals surface area (Å²) < 4.78 is 5.62. The molecule has 3 rings (SSSR count). The van der Waals surface area contributed by atoms with Crippen molar-refractivity contribution in [2.75, 3.05) is 37.0 Å². The quantitative estimate of drug-likeness (QED) is 0.914. The van der Waals surface area contributed by atoms with Gasteiger partial charge in [-0.3, -0.25) is 0 Å². The van der Waals surface area contributed by atoms with Crippen LogP contribution in [0.4, 0.5) is 11.9 Å². The lowest BCUT2D eigenvalue weighted by molar-refractivity contribution is 0.127. The van der Waals surface area contributed by atoms with Crippen LogP contribution in [0.25, 0.3) is 0 Å². The van der Waals surface area contributed by atoms with E-state index in [0.717, 1.165) is 37.2 Å². The molecule has 0 aromatic carbocycles. The Morgan fingerprint density at radius 3 is 2.67 bits per heavy atom. The lowest BCUT2D eigenvalue weighted by Crippen LogP contribution is -2.31. The molecule has 0 radical (unpaired) electrons. The van der Waals surface area contributed by atoms with E-state index in [2.05, 4.69) is 32.1 Å². The van der Waals surface area contributed by atoms with Gasteiger partial charge in [-0.25, -0.2) is 0 Å². The molecule has 2 saturated heterocycles. The predicted molar refractivity (Wildman–Crippen MR) is 85.1 cm³/mol. The topological polar surface area (TPSA) is 63.2 Å². The Balaban J connectivity index is 1.78. The Labute approximate surface area is 130 Å². The van der Waals surface area contributed by atoms with Gasteiger partial charge in [-0.2, -0.15) is 15.0 Å². The Hall–Kier alpha value is -1.08. The molecule has 2 fully saturated rings. The van der Waals surface area contributed by atoms with Gasteiger partial charge in [0.15, 0.2) is 5.16 Å². The number of nitrogens with zero attached hydrogens (tertiary/aromatic N) is 4. The minimum absolute atomic E-state index is 0.267. The Morgan fingerprint density at radius 2 is 2.00 bits per heavy atom. The van der Waals surface area contributed by atoms with Crippen LogP contribution in [0, 0.1) is 0 Å². The van der Waals surface area contributed by atoms with Gasteiger partial charge in [-0.1, -0.05) is 11.8 Å². The summed E-state index contributed by atoms with van der Waals surface area (Å²) in [7, 11) is 1.85. The summed E-state index contributed by atoms with van der Waals surface area (Å²) in [6.45, 7) is 5.04. The number of piperidine rings is 1. The van der Waals surface area contributed by atoms with Gasteiger partial charge in [-0.15, -0.1) is 0 Å². The maximum Gasteiger partial charge on any atom is 0.231 e. The Morgan fingerprint density at radius 1 is 1.19 bits per heavy atom. The second-order valence-corrected chi connectivity index (χ2v) is 6.77. The zero-order valence-corrected chi connectivity index (χ0v) is 13.5. The number of aromatic nitrogens is 3. The molecular formula is C14H23N5OS. The predicted octanol–water partition coefficient (Wildman–Crippen LogP) is 2.17. The second kappa shape index (κ2) is 6.79. The number of anilines is 2. The standard InChI is InChI=1S/C14H23N5OS/c1-10-11(6-9-20-10)21-14-17-12(15-2)16-13(18-14)19-7-4-3-5-8-19/h10-11H,3-9H2,1-2H3,(H,15,16,17,18). The average Bonchev–Trinajstić information content (AvgIpc) is 2.93. The van der Waals surface area contributed by atoms with Crippen molar-refractivity contribution in [3.8, 4) is 0 Å². The highest BCUT2D eigenvalue weighted by Crippen LogP contribution is 2.31. The molecule has 0 amide bonds. The molecule has 0 bridgehead atoms. The average molecular weight is 309 g/mol. The van der Waals surface area contributed by atoms with E-state index in [1.807, 2.05) is 7.05 Å². The zero-order valence-electron chi connectivity index (χ0n) is 12.7. The molecule has 1 aromatic heterocycles. The fourth-order valence-corrected chi connectivity index (χ4v) is 3.78. The van der Waals surface area contributed by atoms with E-state index in [0.29, 0.717) is 11.2 Å². The molecule has 116 valence electrons. The van der Waals surface area contributed by atoms with E-state index < -0.39 is 0 Å². The van der Waals surface area contributed by atoms with Gasteiger partial charge in [0.2, 0.25) is 11.9 Å². The third-order valence-electron chi connectivity index (χ3n) is 4.03. The molecule has 2 aliphatic rings. The molecule has 2 atom stereocenters. The summed E-state index contributed by atoms with van der Waals surface area (Å²) in [6, 6.07) is 0. The van der Waals surface area contributed by atoms with Crippen LogP contribution < -0.4 is 10.2 Å². The first-order valence-corrected chi connectivity index (χ1v) is 8.61. The van der Waals surface area contributed by atoms with Crippen LogP contribution in [-0.4, -0.2) is 53.0 Å². The first kappa shape index (κ1) is 14.8. The molecule has 3 heterocycles. The molecule has 7 heteroatoms. The summed E-state index contributed by atoms with van der Waals surface area (Å²) >= 11 is 1.71. The number of nitrogens with one attached hydrogen (secondary N) is 1. The van der Waals surface area contributed by atoms with Gasteiger partial charge in [0.05, 0.1) is 6.10 Å². The Bertz CT molecular complexity index is 480. The van der Waals surface area contributed by atoms with Crippen LogP contribution in [0.15, 0.2) is 5.16 Å². The SMILES string of the molecule is CNc1nc(SC2CCOC2C)nc(N2CCCCC2)n1. The monoisotopic (exact) mass is 309 g/mol. The van der Waals surface area contributed by atoms with Crippen molar-refractivity contribution in [2.24, 2.45) is 0 Å². The van der Waals surface area contributed by atoms with Gasteiger partial charge >= 0.3 is 0 Å². The molecule has 1 N–H and O–H groups in total. The van der Waals surface area contributed by atoms with Gasteiger partial charge in [-0.05, 0) is 32.6 Å². The first-order chi connectivity index (χ1) is 10.3. The van der Waals surface area contributed by atoms with Crippen LogP contribution in [0.1, 0.15) is 32.6 Å². The summed E-state index contributed by atoms with van der Waals surface area (Å²) in [5, 5.41) is 4.29. The van der Waals surface area contributed by atoms with Crippen molar-refractivity contribution in [1.82, 2.24) is 15.0 Å². The number of thioether (sulfide) groups is 1. The highest BCUT2D eigenvalue weighted by molar-refractivity contribution is 7.99. The summed E-state index contributed by atoms with van der Waals surface area (Å²) in [5.41, 5.74) is 0. The van der Waals surface area contributed by atoms with E-state index in [9.17, 15) is 0 Å². The van der Waals surface area contributed by atoms with Crippen LogP contribution in [0.5, 0.6) is 0 Å². The second-order valence-electron chi connectivity index (χ2n) is 5.56. The minimum Gasteiger partial charge on any atom is -0.377 e. The maximum absolute atomic E-state index is 5.62. The highest BCUT2D eigenvalue weighted by Gasteiger charge is 2.27. The van der Waals surface area contributed by atoms with Crippen molar-refractivity contribution in [3.05, 3.63) is 0 Å².